The van der Waals surface area contributed by atoms with Crippen molar-refractivity contribution in [1.82, 2.24) is 5.32 Å². The predicted octanol–water partition coefficient (Wildman–Crippen LogP) is 2.20. The van der Waals surface area contributed by atoms with Gasteiger partial charge in [-0.15, -0.1) is 0 Å². The number of carbonyl (C=O) groups is 2. The number of rotatable bonds is 4. The SMILES string of the molecule is CCC(=O)C(C)NC(=O)c1cc(F)c(F)c(F)c1. The first kappa shape index (κ1) is 14.2. The molecular weight excluding hydrogens is 247 g/mol. The van der Waals surface area contributed by atoms with Gasteiger partial charge >= 0.3 is 0 Å². The zero-order chi connectivity index (χ0) is 13.9. The molecule has 18 heavy (non-hydrogen) atoms. The molecule has 0 aliphatic carbocycles. The molecule has 1 aromatic carbocycles. The van der Waals surface area contributed by atoms with Gasteiger partial charge in [-0.05, 0) is 19.1 Å². The van der Waals surface area contributed by atoms with Crippen molar-refractivity contribution in [2.45, 2.75) is 26.3 Å². The number of amides is 1. The van der Waals surface area contributed by atoms with Crippen molar-refractivity contribution >= 4 is 11.7 Å². The quantitative estimate of drug-likeness (QED) is 0.842. The normalized spacial score (nSPS) is 12.1. The topological polar surface area (TPSA) is 46.2 Å². The summed E-state index contributed by atoms with van der Waals surface area (Å²) in [5.74, 6) is -5.58. The molecule has 1 rings (SSSR count). The van der Waals surface area contributed by atoms with Crippen LogP contribution in [-0.2, 0) is 4.79 Å². The molecule has 0 aromatic heterocycles. The van der Waals surface area contributed by atoms with Gasteiger partial charge < -0.3 is 5.32 Å². The van der Waals surface area contributed by atoms with Crippen LogP contribution in [0.25, 0.3) is 0 Å². The van der Waals surface area contributed by atoms with E-state index in [1.807, 2.05) is 0 Å². The zero-order valence-corrected chi connectivity index (χ0v) is 9.89. The smallest absolute Gasteiger partial charge is 0.252 e. The van der Waals surface area contributed by atoms with Gasteiger partial charge in [0.05, 0.1) is 6.04 Å². The maximum absolute atomic E-state index is 12.9. The van der Waals surface area contributed by atoms with Crippen LogP contribution in [-0.4, -0.2) is 17.7 Å². The molecule has 1 amide bonds. The van der Waals surface area contributed by atoms with Gasteiger partial charge in [0.25, 0.3) is 5.91 Å². The van der Waals surface area contributed by atoms with Crippen molar-refractivity contribution in [2.75, 3.05) is 0 Å². The van der Waals surface area contributed by atoms with E-state index in [0.29, 0.717) is 12.1 Å². The van der Waals surface area contributed by atoms with Crippen LogP contribution >= 0.6 is 0 Å². The van der Waals surface area contributed by atoms with Crippen LogP contribution in [0, 0.1) is 17.5 Å². The largest absolute Gasteiger partial charge is 0.343 e. The van der Waals surface area contributed by atoms with E-state index in [0.717, 1.165) is 0 Å². The predicted molar refractivity (Wildman–Crippen MR) is 58.5 cm³/mol. The minimum atomic E-state index is -1.63. The fourth-order valence-corrected chi connectivity index (χ4v) is 1.35. The molecule has 3 nitrogen and oxygen atoms in total. The second kappa shape index (κ2) is 5.66. The van der Waals surface area contributed by atoms with E-state index in [2.05, 4.69) is 5.32 Å². The number of benzene rings is 1. The second-order valence-corrected chi connectivity index (χ2v) is 3.77. The highest BCUT2D eigenvalue weighted by Crippen LogP contribution is 2.13. The van der Waals surface area contributed by atoms with E-state index in [9.17, 15) is 22.8 Å². The highest BCUT2D eigenvalue weighted by molar-refractivity contribution is 5.97. The molecule has 0 heterocycles. The molecule has 0 aliphatic rings. The number of halogens is 3. The van der Waals surface area contributed by atoms with Crippen LogP contribution in [0.2, 0.25) is 0 Å². The van der Waals surface area contributed by atoms with Crippen molar-refractivity contribution in [2.24, 2.45) is 0 Å². The van der Waals surface area contributed by atoms with Crippen molar-refractivity contribution in [3.8, 4) is 0 Å². The average Bonchev–Trinajstić information content (AvgIpc) is 2.33. The molecule has 6 heteroatoms. The Morgan fingerprint density at radius 2 is 1.72 bits per heavy atom. The number of ketones is 1. The third kappa shape index (κ3) is 3.09. The number of nitrogens with one attached hydrogen (secondary N) is 1. The summed E-state index contributed by atoms with van der Waals surface area (Å²) in [5, 5.41) is 2.28. The molecule has 0 radical (unpaired) electrons. The van der Waals surface area contributed by atoms with Gasteiger partial charge in [-0.2, -0.15) is 0 Å². The van der Waals surface area contributed by atoms with Gasteiger partial charge in [0.15, 0.2) is 23.2 Å². The van der Waals surface area contributed by atoms with E-state index >= 15 is 0 Å². The molecule has 1 atom stereocenters. The fraction of sp³-hybridized carbons (Fsp3) is 0.333. The van der Waals surface area contributed by atoms with Crippen molar-refractivity contribution in [3.63, 3.8) is 0 Å². The van der Waals surface area contributed by atoms with Crippen LogP contribution in [0.5, 0.6) is 0 Å². The summed E-state index contributed by atoms with van der Waals surface area (Å²) in [6.07, 6.45) is 0.230. The fourth-order valence-electron chi connectivity index (χ4n) is 1.35. The van der Waals surface area contributed by atoms with Gasteiger partial charge in [0.2, 0.25) is 0 Å². The third-order valence-electron chi connectivity index (χ3n) is 2.43. The molecule has 0 spiro atoms. The van der Waals surface area contributed by atoms with Crippen molar-refractivity contribution < 1.29 is 22.8 Å². The summed E-state index contributed by atoms with van der Waals surface area (Å²) < 4.78 is 38.5. The Morgan fingerprint density at radius 1 is 1.22 bits per heavy atom. The number of hydrogen-bond donors (Lipinski definition) is 1. The van der Waals surface area contributed by atoms with Gasteiger partial charge in [-0.3, -0.25) is 9.59 Å². The Labute approximate surface area is 102 Å². The Bertz CT molecular complexity index is 465. The maximum Gasteiger partial charge on any atom is 0.252 e. The molecule has 0 saturated carbocycles. The zero-order valence-electron chi connectivity index (χ0n) is 9.89. The van der Waals surface area contributed by atoms with Crippen molar-refractivity contribution in [1.29, 1.82) is 0 Å². The standard InChI is InChI=1S/C12H12F3NO2/c1-3-10(17)6(2)16-12(18)7-4-8(13)11(15)9(14)5-7/h4-6H,3H2,1-2H3,(H,16,18). The van der Waals surface area contributed by atoms with E-state index in [1.54, 1.807) is 6.92 Å². The summed E-state index contributed by atoms with van der Waals surface area (Å²) in [6.45, 7) is 3.09. The molecular formula is C12H12F3NO2. The molecule has 0 bridgehead atoms. The minimum Gasteiger partial charge on any atom is -0.343 e. The maximum atomic E-state index is 12.9. The van der Waals surface area contributed by atoms with E-state index in [4.69, 9.17) is 0 Å². The monoisotopic (exact) mass is 259 g/mol. The molecule has 0 saturated heterocycles. The van der Waals surface area contributed by atoms with E-state index in [1.165, 1.54) is 6.92 Å². The molecule has 0 aliphatic heterocycles. The van der Waals surface area contributed by atoms with Crippen LogP contribution in [0.3, 0.4) is 0 Å². The lowest BCUT2D eigenvalue weighted by molar-refractivity contribution is -0.120. The second-order valence-electron chi connectivity index (χ2n) is 3.77. The van der Waals surface area contributed by atoms with Gasteiger partial charge in [0, 0.05) is 12.0 Å². The lowest BCUT2D eigenvalue weighted by Gasteiger charge is -2.12. The van der Waals surface area contributed by atoms with Crippen LogP contribution in [0.4, 0.5) is 13.2 Å². The van der Waals surface area contributed by atoms with Gasteiger partial charge in [0.1, 0.15) is 0 Å². The highest BCUT2D eigenvalue weighted by atomic mass is 19.2. The van der Waals surface area contributed by atoms with Crippen molar-refractivity contribution in [3.05, 3.63) is 35.1 Å². The summed E-state index contributed by atoms with van der Waals surface area (Å²) in [7, 11) is 0. The number of Topliss-reactive ketones (excluding diaryl/α,β-unsaturated/α-hetero) is 1. The van der Waals surface area contributed by atoms with Gasteiger partial charge in [-0.25, -0.2) is 13.2 Å². The molecule has 1 aromatic rings. The number of carbonyl (C=O) groups excluding carboxylic acids is 2. The molecule has 1 N–H and O–H groups in total. The highest BCUT2D eigenvalue weighted by Gasteiger charge is 2.18. The minimum absolute atomic E-state index is 0.216. The molecule has 0 fully saturated rings. The van der Waals surface area contributed by atoms with E-state index in [-0.39, 0.29) is 17.8 Å². The first-order chi connectivity index (χ1) is 8.36. The van der Waals surface area contributed by atoms with Crippen LogP contribution in [0.15, 0.2) is 12.1 Å². The first-order valence-corrected chi connectivity index (χ1v) is 5.35. The van der Waals surface area contributed by atoms with Crippen LogP contribution in [0.1, 0.15) is 30.6 Å². The number of hydrogen-bond acceptors (Lipinski definition) is 2. The summed E-state index contributed by atoms with van der Waals surface area (Å²) in [4.78, 5) is 22.8. The molecule has 1 unspecified atom stereocenters. The Balaban J connectivity index is 2.89. The lowest BCUT2D eigenvalue weighted by Crippen LogP contribution is -2.38. The van der Waals surface area contributed by atoms with E-state index < -0.39 is 29.4 Å². The molecule has 98 valence electrons. The average molecular weight is 259 g/mol. The Morgan fingerprint density at radius 3 is 2.17 bits per heavy atom. The van der Waals surface area contributed by atoms with Gasteiger partial charge in [-0.1, -0.05) is 6.92 Å². The first-order valence-electron chi connectivity index (χ1n) is 5.35. The van der Waals surface area contributed by atoms with Crippen LogP contribution < -0.4 is 5.32 Å². The summed E-state index contributed by atoms with van der Waals surface area (Å²) >= 11 is 0. The summed E-state index contributed by atoms with van der Waals surface area (Å²) in [6, 6.07) is 0.395. The summed E-state index contributed by atoms with van der Waals surface area (Å²) in [5.41, 5.74) is -0.373. The third-order valence-corrected chi connectivity index (χ3v) is 2.43. The lowest BCUT2D eigenvalue weighted by atomic mass is 10.1. The Kier molecular flexibility index (Phi) is 4.47. The Hall–Kier alpha value is -1.85.